The van der Waals surface area contributed by atoms with Gasteiger partial charge in [0.2, 0.25) is 5.91 Å². The van der Waals surface area contributed by atoms with E-state index in [1.165, 1.54) is 0 Å². The van der Waals surface area contributed by atoms with Crippen molar-refractivity contribution in [1.29, 1.82) is 0 Å². The fourth-order valence-electron chi connectivity index (χ4n) is 1.63. The highest BCUT2D eigenvalue weighted by atomic mass is 35.5. The number of anilines is 1. The smallest absolute Gasteiger partial charge is 0.228 e. The highest BCUT2D eigenvalue weighted by Gasteiger charge is 2.27. The van der Waals surface area contributed by atoms with Crippen molar-refractivity contribution in [2.75, 3.05) is 11.4 Å². The molecule has 14 heavy (non-hydrogen) atoms. The normalized spacial score (nSPS) is 21.7. The van der Waals surface area contributed by atoms with E-state index in [1.807, 2.05) is 12.1 Å². The minimum absolute atomic E-state index is 0.0542. The highest BCUT2D eigenvalue weighted by Crippen LogP contribution is 2.23. The first-order valence-corrected chi connectivity index (χ1v) is 4.86. The Labute approximate surface area is 87.4 Å². The Kier molecular flexibility index (Phi) is 2.44. The number of rotatable bonds is 1. The average molecular weight is 211 g/mol. The predicted octanol–water partition coefficient (Wildman–Crippen LogP) is 1.40. The van der Waals surface area contributed by atoms with Crippen LogP contribution in [0.5, 0.6) is 0 Å². The molecule has 1 unspecified atom stereocenters. The van der Waals surface area contributed by atoms with Gasteiger partial charge in [-0.2, -0.15) is 0 Å². The van der Waals surface area contributed by atoms with Crippen molar-refractivity contribution < 1.29 is 4.79 Å². The lowest BCUT2D eigenvalue weighted by Crippen LogP contribution is -2.27. The second kappa shape index (κ2) is 3.59. The standard InChI is InChI=1S/C10H11ClN2O/c11-7-2-1-3-9(4-7)13-6-8(12)5-10(13)14/h1-4,8H,5-6,12H2. The Balaban J connectivity index is 2.27. The number of nitrogens with zero attached hydrogens (tertiary/aromatic N) is 1. The molecule has 2 N–H and O–H groups in total. The number of hydrogen-bond donors (Lipinski definition) is 1. The Morgan fingerprint density at radius 1 is 1.50 bits per heavy atom. The van der Waals surface area contributed by atoms with E-state index in [2.05, 4.69) is 0 Å². The Hall–Kier alpha value is -1.06. The first-order chi connectivity index (χ1) is 6.66. The van der Waals surface area contributed by atoms with Crippen LogP contribution >= 0.6 is 11.6 Å². The zero-order chi connectivity index (χ0) is 10.1. The van der Waals surface area contributed by atoms with E-state index in [0.717, 1.165) is 5.69 Å². The van der Waals surface area contributed by atoms with Crippen LogP contribution in [-0.4, -0.2) is 18.5 Å². The molecule has 0 radical (unpaired) electrons. The van der Waals surface area contributed by atoms with Crippen molar-refractivity contribution in [1.82, 2.24) is 0 Å². The largest absolute Gasteiger partial charge is 0.326 e. The molecule has 4 heteroatoms. The van der Waals surface area contributed by atoms with Crippen molar-refractivity contribution in [3.05, 3.63) is 29.3 Å². The maximum Gasteiger partial charge on any atom is 0.228 e. The summed E-state index contributed by atoms with van der Waals surface area (Å²) in [5.41, 5.74) is 6.52. The molecule has 1 aromatic rings. The number of nitrogens with two attached hydrogens (primary N) is 1. The average Bonchev–Trinajstić information content (AvgIpc) is 2.45. The van der Waals surface area contributed by atoms with Crippen molar-refractivity contribution in [2.24, 2.45) is 5.73 Å². The van der Waals surface area contributed by atoms with Crippen LogP contribution in [0.25, 0.3) is 0 Å². The summed E-state index contributed by atoms with van der Waals surface area (Å²) in [6.07, 6.45) is 0.423. The molecule has 0 spiro atoms. The number of carbonyl (C=O) groups excluding carboxylic acids is 1. The van der Waals surface area contributed by atoms with E-state index in [4.69, 9.17) is 17.3 Å². The number of carbonyl (C=O) groups is 1. The van der Waals surface area contributed by atoms with Crippen LogP contribution in [0.2, 0.25) is 5.02 Å². The summed E-state index contributed by atoms with van der Waals surface area (Å²) >= 11 is 5.84. The first kappa shape index (κ1) is 9.49. The fourth-order valence-corrected chi connectivity index (χ4v) is 1.81. The summed E-state index contributed by atoms with van der Waals surface area (Å²) in [4.78, 5) is 13.2. The van der Waals surface area contributed by atoms with Gasteiger partial charge in [-0.15, -0.1) is 0 Å². The molecular formula is C10H11ClN2O. The highest BCUT2D eigenvalue weighted by molar-refractivity contribution is 6.30. The van der Waals surface area contributed by atoms with Crippen LogP contribution in [0.3, 0.4) is 0 Å². The van der Waals surface area contributed by atoms with Crippen LogP contribution in [0, 0.1) is 0 Å². The van der Waals surface area contributed by atoms with Crippen molar-refractivity contribution in [3.8, 4) is 0 Å². The van der Waals surface area contributed by atoms with Crippen LogP contribution in [0.1, 0.15) is 6.42 Å². The van der Waals surface area contributed by atoms with Gasteiger partial charge in [-0.05, 0) is 18.2 Å². The van der Waals surface area contributed by atoms with E-state index >= 15 is 0 Å². The third kappa shape index (κ3) is 1.74. The molecule has 1 aliphatic rings. The summed E-state index contributed by atoms with van der Waals surface area (Å²) < 4.78 is 0. The molecule has 1 heterocycles. The number of amides is 1. The number of halogens is 1. The molecular weight excluding hydrogens is 200 g/mol. The maximum absolute atomic E-state index is 11.5. The third-order valence-electron chi connectivity index (χ3n) is 2.27. The van der Waals surface area contributed by atoms with Gasteiger partial charge < -0.3 is 10.6 Å². The molecule has 1 saturated heterocycles. The molecule has 0 aliphatic carbocycles. The van der Waals surface area contributed by atoms with Crippen LogP contribution in [0.4, 0.5) is 5.69 Å². The van der Waals surface area contributed by atoms with Crippen LogP contribution < -0.4 is 10.6 Å². The molecule has 0 aromatic heterocycles. The molecule has 0 bridgehead atoms. The van der Waals surface area contributed by atoms with Gasteiger partial charge >= 0.3 is 0 Å². The summed E-state index contributed by atoms with van der Waals surface area (Å²) in [5, 5.41) is 0.635. The first-order valence-electron chi connectivity index (χ1n) is 4.48. The molecule has 2 rings (SSSR count). The second-order valence-electron chi connectivity index (χ2n) is 3.45. The monoisotopic (exact) mass is 210 g/mol. The predicted molar refractivity (Wildman–Crippen MR) is 56.4 cm³/mol. The van der Waals surface area contributed by atoms with Crippen molar-refractivity contribution in [2.45, 2.75) is 12.5 Å². The zero-order valence-electron chi connectivity index (χ0n) is 7.61. The molecule has 1 aromatic carbocycles. The van der Waals surface area contributed by atoms with E-state index in [-0.39, 0.29) is 11.9 Å². The number of hydrogen-bond acceptors (Lipinski definition) is 2. The molecule has 3 nitrogen and oxygen atoms in total. The van der Waals surface area contributed by atoms with E-state index in [0.29, 0.717) is 18.0 Å². The molecule has 1 atom stereocenters. The lowest BCUT2D eigenvalue weighted by Gasteiger charge is -2.15. The summed E-state index contributed by atoms with van der Waals surface area (Å²) in [5.74, 6) is 0.0692. The minimum atomic E-state index is -0.0542. The molecule has 1 aliphatic heterocycles. The third-order valence-corrected chi connectivity index (χ3v) is 2.51. The fraction of sp³-hybridized carbons (Fsp3) is 0.300. The van der Waals surface area contributed by atoms with Gasteiger partial charge in [0.25, 0.3) is 0 Å². The Morgan fingerprint density at radius 2 is 2.29 bits per heavy atom. The van der Waals surface area contributed by atoms with E-state index < -0.39 is 0 Å². The zero-order valence-corrected chi connectivity index (χ0v) is 8.37. The van der Waals surface area contributed by atoms with Gasteiger partial charge in [-0.25, -0.2) is 0 Å². The molecule has 1 fully saturated rings. The second-order valence-corrected chi connectivity index (χ2v) is 3.88. The summed E-state index contributed by atoms with van der Waals surface area (Å²) in [7, 11) is 0. The summed E-state index contributed by atoms with van der Waals surface area (Å²) in [6, 6.07) is 7.20. The van der Waals surface area contributed by atoms with Crippen molar-refractivity contribution in [3.63, 3.8) is 0 Å². The van der Waals surface area contributed by atoms with Crippen molar-refractivity contribution >= 4 is 23.2 Å². The Bertz CT molecular complexity index is 367. The lowest BCUT2D eigenvalue weighted by atomic mass is 10.3. The topological polar surface area (TPSA) is 46.3 Å². The van der Waals surface area contributed by atoms with E-state index in [1.54, 1.807) is 17.0 Å². The van der Waals surface area contributed by atoms with Gasteiger partial charge in [-0.3, -0.25) is 4.79 Å². The van der Waals surface area contributed by atoms with Gasteiger partial charge in [-0.1, -0.05) is 17.7 Å². The van der Waals surface area contributed by atoms with Gasteiger partial charge in [0.1, 0.15) is 0 Å². The molecule has 74 valence electrons. The van der Waals surface area contributed by atoms with Gasteiger partial charge in [0.05, 0.1) is 0 Å². The SMILES string of the molecule is NC1CC(=O)N(c2cccc(Cl)c2)C1. The number of benzene rings is 1. The van der Waals surface area contributed by atoms with Crippen LogP contribution in [0.15, 0.2) is 24.3 Å². The molecule has 1 amide bonds. The van der Waals surface area contributed by atoms with Gasteiger partial charge in [0.15, 0.2) is 0 Å². The van der Waals surface area contributed by atoms with E-state index in [9.17, 15) is 4.79 Å². The molecule has 0 saturated carbocycles. The maximum atomic E-state index is 11.5. The summed E-state index contributed by atoms with van der Waals surface area (Å²) in [6.45, 7) is 0.583. The van der Waals surface area contributed by atoms with Gasteiger partial charge in [0, 0.05) is 29.7 Å². The Morgan fingerprint density at radius 3 is 2.86 bits per heavy atom. The lowest BCUT2D eigenvalue weighted by molar-refractivity contribution is -0.117. The van der Waals surface area contributed by atoms with Crippen LogP contribution in [-0.2, 0) is 4.79 Å². The quantitative estimate of drug-likeness (QED) is 0.762. The minimum Gasteiger partial charge on any atom is -0.326 e.